The summed E-state index contributed by atoms with van der Waals surface area (Å²) in [7, 11) is 0. The minimum atomic E-state index is -0.590. The maximum atomic E-state index is 12.4. The van der Waals surface area contributed by atoms with Crippen molar-refractivity contribution in [3.63, 3.8) is 0 Å². The fourth-order valence-electron chi connectivity index (χ4n) is 3.53. The van der Waals surface area contributed by atoms with E-state index >= 15 is 0 Å². The normalized spacial score (nSPS) is 18.2. The Morgan fingerprint density at radius 2 is 1.90 bits per heavy atom. The molecule has 1 aromatic heterocycles. The van der Waals surface area contributed by atoms with Crippen LogP contribution in [0.1, 0.15) is 29.8 Å². The number of benzene rings is 2. The first-order chi connectivity index (χ1) is 14.6. The van der Waals surface area contributed by atoms with Crippen LogP contribution < -0.4 is 9.64 Å². The van der Waals surface area contributed by atoms with Crippen molar-refractivity contribution in [2.75, 3.05) is 11.5 Å². The smallest absolute Gasteiger partial charge is 0.248 e. The molecule has 2 atom stereocenters. The van der Waals surface area contributed by atoms with E-state index in [4.69, 9.17) is 27.9 Å². The second kappa shape index (κ2) is 9.07. The van der Waals surface area contributed by atoms with Crippen molar-refractivity contribution in [1.82, 2.24) is 4.98 Å². The number of β-lactam (4-membered cyclic amide) rings is 1. The van der Waals surface area contributed by atoms with E-state index in [-0.39, 0.29) is 11.9 Å². The van der Waals surface area contributed by atoms with Crippen LogP contribution in [0.5, 0.6) is 5.75 Å². The third kappa shape index (κ3) is 4.30. The van der Waals surface area contributed by atoms with E-state index < -0.39 is 5.38 Å². The molecule has 0 bridgehead atoms. The van der Waals surface area contributed by atoms with Crippen molar-refractivity contribution in [3.05, 3.63) is 88.7 Å². The van der Waals surface area contributed by atoms with Gasteiger partial charge in [-0.2, -0.15) is 0 Å². The monoisotopic (exact) mass is 440 g/mol. The van der Waals surface area contributed by atoms with Gasteiger partial charge in [-0.15, -0.1) is 11.6 Å². The number of hydrogen-bond acceptors (Lipinski definition) is 3. The summed E-state index contributed by atoms with van der Waals surface area (Å²) in [6, 6.07) is 18.9. The molecule has 154 valence electrons. The van der Waals surface area contributed by atoms with Crippen molar-refractivity contribution in [2.45, 2.75) is 31.2 Å². The lowest BCUT2D eigenvalue weighted by Gasteiger charge is -2.44. The Hall–Kier alpha value is -2.56. The molecule has 4 nitrogen and oxygen atoms in total. The molecule has 2 heterocycles. The summed E-state index contributed by atoms with van der Waals surface area (Å²) in [6.07, 6.45) is 3.65. The predicted octanol–water partition coefficient (Wildman–Crippen LogP) is 5.61. The molecule has 0 radical (unpaired) electrons. The number of alkyl halides is 1. The quantitative estimate of drug-likeness (QED) is 0.353. The average Bonchev–Trinajstić information content (AvgIpc) is 2.78. The maximum Gasteiger partial charge on any atom is 0.248 e. The zero-order valence-corrected chi connectivity index (χ0v) is 18.1. The van der Waals surface area contributed by atoms with Crippen molar-refractivity contribution in [3.8, 4) is 5.75 Å². The van der Waals surface area contributed by atoms with Crippen molar-refractivity contribution in [1.29, 1.82) is 0 Å². The van der Waals surface area contributed by atoms with Gasteiger partial charge in [-0.05, 0) is 53.9 Å². The van der Waals surface area contributed by atoms with Crippen molar-refractivity contribution in [2.24, 2.45) is 0 Å². The van der Waals surface area contributed by atoms with Gasteiger partial charge in [0.05, 0.1) is 12.6 Å². The minimum Gasteiger partial charge on any atom is -0.493 e. The van der Waals surface area contributed by atoms with Crippen LogP contribution in [0.3, 0.4) is 0 Å². The van der Waals surface area contributed by atoms with E-state index in [1.165, 1.54) is 5.56 Å². The molecule has 4 rings (SSSR count). The van der Waals surface area contributed by atoms with Crippen LogP contribution in [0.15, 0.2) is 66.9 Å². The van der Waals surface area contributed by atoms with Crippen LogP contribution >= 0.6 is 23.2 Å². The van der Waals surface area contributed by atoms with Crippen LogP contribution in [0.2, 0.25) is 5.02 Å². The van der Waals surface area contributed by atoms with Crippen molar-refractivity contribution < 1.29 is 9.53 Å². The molecule has 0 aliphatic carbocycles. The van der Waals surface area contributed by atoms with Gasteiger partial charge in [0.25, 0.3) is 0 Å². The molecule has 1 aliphatic heterocycles. The summed E-state index contributed by atoms with van der Waals surface area (Å²) in [5, 5.41) is -0.00689. The summed E-state index contributed by atoms with van der Waals surface area (Å²) in [5.41, 5.74) is 3.95. The number of amides is 1. The van der Waals surface area contributed by atoms with E-state index in [0.29, 0.717) is 11.6 Å². The van der Waals surface area contributed by atoms with Crippen LogP contribution in [-0.2, 0) is 17.6 Å². The summed E-state index contributed by atoms with van der Waals surface area (Å²) in [6.45, 7) is 2.66. The molecular formula is C24H22Cl2N2O2. The van der Waals surface area contributed by atoms with Gasteiger partial charge in [0, 0.05) is 29.0 Å². The third-order valence-corrected chi connectivity index (χ3v) is 5.92. The van der Waals surface area contributed by atoms with Gasteiger partial charge in [-0.25, -0.2) is 0 Å². The molecule has 0 spiro atoms. The lowest BCUT2D eigenvalue weighted by molar-refractivity contribution is -0.123. The highest BCUT2D eigenvalue weighted by molar-refractivity contribution is 6.37. The maximum absolute atomic E-state index is 12.4. The number of halogens is 2. The van der Waals surface area contributed by atoms with Gasteiger partial charge in [0.15, 0.2) is 0 Å². The number of aromatic nitrogens is 1. The molecule has 6 heteroatoms. The molecule has 0 N–H and O–H groups in total. The predicted molar refractivity (Wildman–Crippen MR) is 121 cm³/mol. The van der Waals surface area contributed by atoms with Crippen LogP contribution in [0, 0.1) is 0 Å². The summed E-state index contributed by atoms with van der Waals surface area (Å²) >= 11 is 12.4. The van der Waals surface area contributed by atoms with Crippen LogP contribution in [-0.4, -0.2) is 22.9 Å². The van der Waals surface area contributed by atoms with Crippen LogP contribution in [0.25, 0.3) is 0 Å². The number of carbonyl (C=O) groups is 1. The first kappa shape index (κ1) is 20.7. The van der Waals surface area contributed by atoms with Gasteiger partial charge in [-0.1, -0.05) is 42.8 Å². The molecule has 1 fully saturated rings. The molecule has 1 saturated heterocycles. The Labute approximate surface area is 186 Å². The fourth-order valence-corrected chi connectivity index (χ4v) is 4.08. The number of aryl methyl sites for hydroxylation is 1. The second-order valence-electron chi connectivity index (χ2n) is 7.21. The highest BCUT2D eigenvalue weighted by atomic mass is 35.5. The van der Waals surface area contributed by atoms with E-state index in [0.717, 1.165) is 35.5 Å². The number of hydrogen-bond donors (Lipinski definition) is 0. The Morgan fingerprint density at radius 3 is 2.57 bits per heavy atom. The van der Waals surface area contributed by atoms with Gasteiger partial charge >= 0.3 is 0 Å². The molecule has 1 amide bonds. The lowest BCUT2D eigenvalue weighted by Crippen LogP contribution is -2.56. The molecule has 3 aromatic rings. The Morgan fingerprint density at radius 1 is 1.10 bits per heavy atom. The molecule has 0 saturated carbocycles. The van der Waals surface area contributed by atoms with E-state index in [1.807, 2.05) is 48.7 Å². The van der Waals surface area contributed by atoms with Gasteiger partial charge in [0.2, 0.25) is 5.91 Å². The highest BCUT2D eigenvalue weighted by Gasteiger charge is 2.47. The van der Waals surface area contributed by atoms with Crippen LogP contribution in [0.4, 0.5) is 5.69 Å². The van der Waals surface area contributed by atoms with Gasteiger partial charge in [0.1, 0.15) is 11.1 Å². The topological polar surface area (TPSA) is 42.4 Å². The SMILES string of the molecule is CCc1ccc(CCOc2ccc(C3C(Cl)C(=O)N3c3cccc(Cl)c3)cc2)nc1. The van der Waals surface area contributed by atoms with E-state index in [2.05, 4.69) is 18.0 Å². The summed E-state index contributed by atoms with van der Waals surface area (Å²) < 4.78 is 5.86. The Bertz CT molecular complexity index is 1020. The number of pyridine rings is 1. The fraction of sp³-hybridized carbons (Fsp3) is 0.250. The average molecular weight is 441 g/mol. The number of nitrogens with zero attached hydrogens (tertiary/aromatic N) is 2. The number of rotatable bonds is 7. The Balaban J connectivity index is 1.39. The molecule has 2 unspecified atom stereocenters. The number of carbonyl (C=O) groups excluding carboxylic acids is 1. The highest BCUT2D eigenvalue weighted by Crippen LogP contribution is 2.42. The molecule has 30 heavy (non-hydrogen) atoms. The number of ether oxygens (including phenoxy) is 1. The van der Waals surface area contributed by atoms with Gasteiger partial charge < -0.3 is 9.64 Å². The van der Waals surface area contributed by atoms with Gasteiger partial charge in [-0.3, -0.25) is 9.78 Å². The minimum absolute atomic E-state index is 0.120. The third-order valence-electron chi connectivity index (χ3n) is 5.26. The number of anilines is 1. The standard InChI is InChI=1S/C24H22Cl2N2O2/c1-2-16-6-9-19(27-15-16)12-13-30-21-10-7-17(8-11-21)23-22(26)24(29)28(23)20-5-3-4-18(25)14-20/h3-11,14-15,22-23H,2,12-13H2,1H3. The van der Waals surface area contributed by atoms with E-state index in [1.54, 1.807) is 17.0 Å². The Kier molecular flexibility index (Phi) is 6.26. The lowest BCUT2D eigenvalue weighted by atomic mass is 9.92. The largest absolute Gasteiger partial charge is 0.493 e. The first-order valence-electron chi connectivity index (χ1n) is 9.96. The molecule has 2 aromatic carbocycles. The van der Waals surface area contributed by atoms with E-state index in [9.17, 15) is 4.79 Å². The molecule has 1 aliphatic rings. The first-order valence-corrected chi connectivity index (χ1v) is 10.8. The zero-order valence-electron chi connectivity index (χ0n) is 16.6. The summed E-state index contributed by atoms with van der Waals surface area (Å²) in [5.74, 6) is 0.654. The summed E-state index contributed by atoms with van der Waals surface area (Å²) in [4.78, 5) is 18.5. The molecular weight excluding hydrogens is 419 g/mol. The zero-order chi connectivity index (χ0) is 21.1. The van der Waals surface area contributed by atoms with Crippen molar-refractivity contribution >= 4 is 34.8 Å². The second-order valence-corrected chi connectivity index (χ2v) is 8.12.